The van der Waals surface area contributed by atoms with E-state index in [9.17, 15) is 19.2 Å². The number of fused-ring (bicyclic) bond motifs is 2. The van der Waals surface area contributed by atoms with Crippen LogP contribution in [0.1, 0.15) is 76.0 Å². The van der Waals surface area contributed by atoms with Crippen LogP contribution in [0.25, 0.3) is 0 Å². The van der Waals surface area contributed by atoms with E-state index in [2.05, 4.69) is 17.1 Å². The van der Waals surface area contributed by atoms with Crippen LogP contribution in [0.2, 0.25) is 0 Å². The first-order valence-corrected chi connectivity index (χ1v) is 12.4. The van der Waals surface area contributed by atoms with Gasteiger partial charge < -0.3 is 34.1 Å². The molecule has 3 rings (SSSR count). The van der Waals surface area contributed by atoms with Crippen LogP contribution in [0.3, 0.4) is 0 Å². The zero-order valence-corrected chi connectivity index (χ0v) is 25.5. The van der Waals surface area contributed by atoms with Crippen molar-refractivity contribution < 1.29 is 58.2 Å². The van der Waals surface area contributed by atoms with Gasteiger partial charge >= 0.3 is 29.6 Å². The number of nitrogens with one attached hydrogen (secondary N) is 1. The number of piperidine rings is 1. The van der Waals surface area contributed by atoms with Gasteiger partial charge in [0.15, 0.2) is 0 Å². The summed E-state index contributed by atoms with van der Waals surface area (Å²) < 4.78 is 10.8. The molecule has 1 fully saturated rings. The summed E-state index contributed by atoms with van der Waals surface area (Å²) in [4.78, 5) is 43.9. The van der Waals surface area contributed by atoms with Crippen molar-refractivity contribution in [1.82, 2.24) is 10.2 Å². The largest absolute Gasteiger partial charge is 1.00 e. The maximum absolute atomic E-state index is 10.9. The van der Waals surface area contributed by atoms with E-state index in [0.717, 1.165) is 50.8 Å². The topological polar surface area (TPSA) is 102 Å². The molecule has 2 aliphatic heterocycles. The Hall–Kier alpha value is -1.71. The number of carbonyl (C=O) groups is 3. The van der Waals surface area contributed by atoms with Crippen LogP contribution in [0.5, 0.6) is 5.75 Å². The SMILES string of the molecule is CNC(=O)CCCC=O.COC(C)(C)C.[CH2-]c1c([C-]=O)ccc2c1OCC21CCN(CCC=O)CC1.[Na+]. The van der Waals surface area contributed by atoms with E-state index in [-0.39, 0.29) is 46.5 Å². The molecule has 0 bridgehead atoms. The normalized spacial score (nSPS) is 15.4. The van der Waals surface area contributed by atoms with E-state index in [0.29, 0.717) is 43.4 Å². The number of hydrogen-bond donors (Lipinski definition) is 1. The Bertz CT molecular complexity index is 861. The van der Waals surface area contributed by atoms with Crippen LogP contribution in [-0.4, -0.2) is 75.7 Å². The van der Waals surface area contributed by atoms with Crippen LogP contribution in [0.15, 0.2) is 12.1 Å². The fourth-order valence-electron chi connectivity index (χ4n) is 3.92. The molecule has 1 saturated heterocycles. The van der Waals surface area contributed by atoms with Gasteiger partial charge in [-0.1, -0.05) is 5.56 Å². The van der Waals surface area contributed by atoms with E-state index in [4.69, 9.17) is 9.47 Å². The maximum atomic E-state index is 10.9. The summed E-state index contributed by atoms with van der Waals surface area (Å²) in [5.41, 5.74) is 2.40. The molecule has 1 aromatic carbocycles. The molecular weight excluding hydrogens is 483 g/mol. The smallest absolute Gasteiger partial charge is 0.562 e. The van der Waals surface area contributed by atoms with Gasteiger partial charge in [0, 0.05) is 45.4 Å². The molecule has 37 heavy (non-hydrogen) atoms. The molecule has 2 heterocycles. The summed E-state index contributed by atoms with van der Waals surface area (Å²) in [6, 6.07) is 3.79. The Morgan fingerprint density at radius 1 is 1.22 bits per heavy atom. The molecule has 1 N–H and O–H groups in total. The molecule has 0 unspecified atom stereocenters. The first-order chi connectivity index (χ1) is 17.1. The van der Waals surface area contributed by atoms with E-state index >= 15 is 0 Å². The third-order valence-electron chi connectivity index (χ3n) is 6.43. The van der Waals surface area contributed by atoms with Crippen molar-refractivity contribution in [3.63, 3.8) is 0 Å². The predicted molar refractivity (Wildman–Crippen MR) is 140 cm³/mol. The third-order valence-corrected chi connectivity index (χ3v) is 6.43. The Balaban J connectivity index is 0.000000678. The molecular formula is C28H42N2NaO6-. The minimum absolute atomic E-state index is 0. The van der Waals surface area contributed by atoms with Crippen LogP contribution in [0, 0.1) is 6.92 Å². The van der Waals surface area contributed by atoms with Crippen LogP contribution in [-0.2, 0) is 29.3 Å². The number of methoxy groups -OCH3 is 1. The summed E-state index contributed by atoms with van der Waals surface area (Å²) in [7, 11) is 3.29. The Morgan fingerprint density at radius 2 is 1.81 bits per heavy atom. The van der Waals surface area contributed by atoms with Gasteiger partial charge in [-0.05, 0) is 65.2 Å². The monoisotopic (exact) mass is 525 g/mol. The van der Waals surface area contributed by atoms with Crippen molar-refractivity contribution in [2.24, 2.45) is 0 Å². The van der Waals surface area contributed by atoms with Crippen molar-refractivity contribution in [1.29, 1.82) is 0 Å². The van der Waals surface area contributed by atoms with Gasteiger partial charge in [-0.2, -0.15) is 0 Å². The number of nitrogens with zero attached hydrogens (tertiary/aromatic N) is 1. The van der Waals surface area contributed by atoms with E-state index in [1.54, 1.807) is 20.2 Å². The average Bonchev–Trinajstić information content (AvgIpc) is 3.23. The number of unbranched alkanes of at least 4 members (excludes halogenated alkanes) is 1. The summed E-state index contributed by atoms with van der Waals surface area (Å²) in [6.07, 6.45) is 7.93. The number of aldehydes is 2. The second kappa shape index (κ2) is 17.7. The zero-order valence-electron chi connectivity index (χ0n) is 23.5. The Kier molecular flexibility index (Phi) is 16.9. The quantitative estimate of drug-likeness (QED) is 0.224. The number of benzene rings is 1. The van der Waals surface area contributed by atoms with Crippen molar-refractivity contribution in [3.05, 3.63) is 35.7 Å². The Morgan fingerprint density at radius 3 is 2.30 bits per heavy atom. The number of likely N-dealkylation sites (tertiary alicyclic amines) is 1. The average molecular weight is 526 g/mol. The maximum Gasteiger partial charge on any atom is 1.00 e. The van der Waals surface area contributed by atoms with Gasteiger partial charge in [0.05, 0.1) is 12.2 Å². The minimum atomic E-state index is -0.00292. The van der Waals surface area contributed by atoms with Gasteiger partial charge in [-0.15, -0.1) is 6.07 Å². The van der Waals surface area contributed by atoms with Gasteiger partial charge in [-0.25, -0.2) is 6.07 Å². The molecule has 9 heteroatoms. The van der Waals surface area contributed by atoms with Gasteiger partial charge in [0.1, 0.15) is 12.6 Å². The fourth-order valence-corrected chi connectivity index (χ4v) is 3.92. The number of hydrogen-bond acceptors (Lipinski definition) is 7. The number of rotatable bonds is 8. The first-order valence-electron chi connectivity index (χ1n) is 12.4. The van der Waals surface area contributed by atoms with E-state index < -0.39 is 0 Å². The molecule has 0 radical (unpaired) electrons. The van der Waals surface area contributed by atoms with Crippen LogP contribution >= 0.6 is 0 Å². The molecule has 1 amide bonds. The van der Waals surface area contributed by atoms with E-state index in [1.165, 1.54) is 5.56 Å². The Labute approximate surface area is 244 Å². The predicted octanol–water partition coefficient (Wildman–Crippen LogP) is 0.178. The zero-order chi connectivity index (χ0) is 27.2. The van der Waals surface area contributed by atoms with Crippen LogP contribution in [0.4, 0.5) is 0 Å². The third kappa shape index (κ3) is 11.7. The molecule has 202 valence electrons. The van der Waals surface area contributed by atoms with Gasteiger partial charge in [-0.3, -0.25) is 22.8 Å². The van der Waals surface area contributed by atoms with Crippen molar-refractivity contribution in [2.75, 3.05) is 40.4 Å². The summed E-state index contributed by atoms with van der Waals surface area (Å²) in [5, 5.41) is 2.47. The molecule has 1 spiro atoms. The molecule has 0 aromatic heterocycles. The van der Waals surface area contributed by atoms with E-state index in [1.807, 2.05) is 33.1 Å². The minimum Gasteiger partial charge on any atom is -0.562 e. The second-order valence-corrected chi connectivity index (χ2v) is 9.98. The van der Waals surface area contributed by atoms with Crippen molar-refractivity contribution in [3.8, 4) is 5.75 Å². The number of ether oxygens (including phenoxy) is 2. The van der Waals surface area contributed by atoms with Crippen molar-refractivity contribution >= 4 is 24.8 Å². The van der Waals surface area contributed by atoms with Crippen LogP contribution < -0.4 is 39.6 Å². The first kappa shape index (κ1) is 35.3. The molecule has 0 atom stereocenters. The fraction of sp³-hybridized carbons (Fsp3) is 0.607. The molecule has 0 saturated carbocycles. The standard InChI is InChI=1S/C17H19NO3.C6H11NO2.C5H12O.Na/c1-13-14(11-20)3-4-15-16(13)21-12-17(15)5-8-18(9-6-17)7-2-10-19;1-7-6(9)4-2-3-5-8;1-5(2,3)6-4;/h3-4,10H,1-2,5-9,12H2;5H,2-4H2,1H3,(H,7,9);1-4H3;/q-2;;;+1. The summed E-state index contributed by atoms with van der Waals surface area (Å²) >= 11 is 0. The van der Waals surface area contributed by atoms with Gasteiger partial charge in [0.25, 0.3) is 0 Å². The summed E-state index contributed by atoms with van der Waals surface area (Å²) in [5.74, 6) is 0.772. The van der Waals surface area contributed by atoms with Gasteiger partial charge in [0.2, 0.25) is 5.91 Å². The molecule has 1 aromatic rings. The molecule has 2 aliphatic rings. The second-order valence-electron chi connectivity index (χ2n) is 9.98. The molecule has 8 nitrogen and oxygen atoms in total. The molecule has 0 aliphatic carbocycles. The summed E-state index contributed by atoms with van der Waals surface area (Å²) in [6.45, 7) is 13.5. The number of amides is 1. The van der Waals surface area contributed by atoms with Crippen molar-refractivity contribution in [2.45, 2.75) is 70.3 Å². The number of carbonyl (C=O) groups excluding carboxylic acids is 4.